The van der Waals surface area contributed by atoms with Crippen molar-refractivity contribution in [3.63, 3.8) is 0 Å². The smallest absolute Gasteiger partial charge is 0.239 e. The molecule has 3 aromatic rings. The molecule has 1 unspecified atom stereocenters. The molecule has 0 spiro atoms. The highest BCUT2D eigenvalue weighted by Gasteiger charge is 2.14. The number of anilines is 1. The van der Waals surface area contributed by atoms with Gasteiger partial charge in [-0.3, -0.25) is 19.4 Å². The Labute approximate surface area is 310 Å². The zero-order valence-electron chi connectivity index (χ0n) is 27.6. The maximum absolute atomic E-state index is 12.1. The number of guanidine groups is 1. The zero-order valence-corrected chi connectivity index (χ0v) is 30.8. The molecule has 0 saturated heterocycles. The van der Waals surface area contributed by atoms with Crippen LogP contribution in [0.2, 0.25) is 5.02 Å². The molecule has 0 radical (unpaired) electrons. The Kier molecular flexibility index (Phi) is 22.9. The fourth-order valence-corrected chi connectivity index (χ4v) is 5.00. The van der Waals surface area contributed by atoms with Gasteiger partial charge in [0, 0.05) is 48.4 Å². The summed E-state index contributed by atoms with van der Waals surface area (Å²) in [6.45, 7) is 1.94. The number of carbonyl (C=O) groups excluding carboxylic acids is 3. The number of unbranched alkanes of at least 4 members (excludes halogenated alkanes) is 3. The molecule has 274 valence electrons. The largest absolute Gasteiger partial charge is 0.497 e. The molecule has 0 saturated carbocycles. The lowest BCUT2D eigenvalue weighted by molar-refractivity contribution is -0.126. The molecule has 10 N–H and O–H groups in total. The van der Waals surface area contributed by atoms with Crippen molar-refractivity contribution in [2.24, 2.45) is 22.2 Å². The summed E-state index contributed by atoms with van der Waals surface area (Å²) in [6.07, 6.45) is 5.62. The number of nitrogens with two attached hydrogens (primary N) is 3. The second-order valence-electron chi connectivity index (χ2n) is 10.9. The van der Waals surface area contributed by atoms with Crippen LogP contribution in [0.4, 0.5) is 5.69 Å². The van der Waals surface area contributed by atoms with Crippen LogP contribution in [0.5, 0.6) is 5.75 Å². The number of nitrogens with one attached hydrogen (secondary N) is 4. The molecular weight excluding hydrogens is 716 g/mol. The summed E-state index contributed by atoms with van der Waals surface area (Å²) in [6, 6.07) is 10.8. The number of benzene rings is 2. The molecule has 1 atom stereocenters. The highest BCUT2D eigenvalue weighted by molar-refractivity contribution is 6.31. The standard InChI is InChI=1S/C32H46ClN9O4.3ClH/c1-46-22-11-13-26-24(19-22)30(23-12-10-21(33)18-27(23)42-26)39-15-5-3-2-4-14-37-28(43)9-7-16-38-29(44)20-41-31(45)25(34)8-6-17-40-32(35)36;;;/h10-13,18-19,25H,2-9,14-17,20,34H2,1H3,(H,37,43)(H,38,44)(H,39,42)(H,41,45)(H4,35,36,40);3*1H. The van der Waals surface area contributed by atoms with Gasteiger partial charge in [-0.15, -0.1) is 37.2 Å². The number of nitrogens with zero attached hydrogens (tertiary/aromatic N) is 2. The van der Waals surface area contributed by atoms with Gasteiger partial charge >= 0.3 is 0 Å². The first-order valence-electron chi connectivity index (χ1n) is 15.6. The number of aliphatic imine (C=N–C) groups is 1. The van der Waals surface area contributed by atoms with Crippen molar-refractivity contribution in [3.8, 4) is 5.75 Å². The van der Waals surface area contributed by atoms with Gasteiger partial charge in [-0.25, -0.2) is 4.98 Å². The summed E-state index contributed by atoms with van der Waals surface area (Å²) in [5.74, 6) is -0.0532. The number of rotatable bonds is 20. The number of pyridine rings is 1. The maximum Gasteiger partial charge on any atom is 0.239 e. The van der Waals surface area contributed by atoms with Crippen LogP contribution in [0, 0.1) is 0 Å². The summed E-state index contributed by atoms with van der Waals surface area (Å²) in [5.41, 5.74) is 19.0. The molecule has 0 aliphatic rings. The molecular formula is C32H49Cl4N9O4. The van der Waals surface area contributed by atoms with E-state index in [4.69, 9.17) is 38.5 Å². The number of amides is 3. The first-order valence-corrected chi connectivity index (χ1v) is 16.0. The minimum atomic E-state index is -0.749. The van der Waals surface area contributed by atoms with Crippen molar-refractivity contribution in [3.05, 3.63) is 41.4 Å². The van der Waals surface area contributed by atoms with Gasteiger partial charge in [-0.05, 0) is 68.5 Å². The molecule has 0 fully saturated rings. The Morgan fingerprint density at radius 2 is 1.53 bits per heavy atom. The topological polar surface area (TPSA) is 212 Å². The van der Waals surface area contributed by atoms with Gasteiger partial charge in [-0.2, -0.15) is 0 Å². The van der Waals surface area contributed by atoms with Crippen molar-refractivity contribution in [1.29, 1.82) is 0 Å². The monoisotopic (exact) mass is 763 g/mol. The van der Waals surface area contributed by atoms with E-state index in [2.05, 4.69) is 26.3 Å². The molecule has 0 aliphatic carbocycles. The van der Waals surface area contributed by atoms with Gasteiger partial charge in [-0.1, -0.05) is 24.4 Å². The van der Waals surface area contributed by atoms with Gasteiger partial charge in [0.25, 0.3) is 0 Å². The van der Waals surface area contributed by atoms with Crippen LogP contribution in [0.3, 0.4) is 0 Å². The number of methoxy groups -OCH3 is 1. The highest BCUT2D eigenvalue weighted by Crippen LogP contribution is 2.34. The third kappa shape index (κ3) is 16.2. The average molecular weight is 766 g/mol. The van der Waals surface area contributed by atoms with E-state index >= 15 is 0 Å². The van der Waals surface area contributed by atoms with Gasteiger partial charge in [0.2, 0.25) is 17.7 Å². The molecule has 0 bridgehead atoms. The molecule has 3 amide bonds. The molecule has 2 aromatic carbocycles. The van der Waals surface area contributed by atoms with Gasteiger partial charge in [0.05, 0.1) is 36.4 Å². The number of fused-ring (bicyclic) bond motifs is 2. The van der Waals surface area contributed by atoms with Crippen LogP contribution in [-0.2, 0) is 14.4 Å². The Morgan fingerprint density at radius 3 is 2.24 bits per heavy atom. The SMILES string of the molecule is COc1ccc2nc3cc(Cl)ccc3c(NCCCCCCNC(=O)CCCNC(=O)CNC(=O)C(N)CCCN=C(N)N)c2c1.Cl.Cl.Cl. The van der Waals surface area contributed by atoms with Crippen molar-refractivity contribution >= 4 is 100.0 Å². The van der Waals surface area contributed by atoms with E-state index in [-0.39, 0.29) is 61.5 Å². The minimum absolute atomic E-state index is 0. The second-order valence-corrected chi connectivity index (χ2v) is 11.4. The van der Waals surface area contributed by atoms with Crippen molar-refractivity contribution in [2.45, 2.75) is 57.4 Å². The average Bonchev–Trinajstić information content (AvgIpc) is 3.04. The second kappa shape index (κ2) is 24.6. The van der Waals surface area contributed by atoms with E-state index in [1.807, 2.05) is 36.4 Å². The lowest BCUT2D eigenvalue weighted by Gasteiger charge is -2.14. The summed E-state index contributed by atoms with van der Waals surface area (Å²) >= 11 is 6.22. The summed E-state index contributed by atoms with van der Waals surface area (Å²) < 4.78 is 5.43. The number of hydrogen-bond acceptors (Lipinski definition) is 8. The van der Waals surface area contributed by atoms with Crippen molar-refractivity contribution in [2.75, 3.05) is 45.2 Å². The summed E-state index contributed by atoms with van der Waals surface area (Å²) in [5, 5.41) is 14.4. The lowest BCUT2D eigenvalue weighted by atomic mass is 10.1. The first-order chi connectivity index (χ1) is 22.2. The van der Waals surface area contributed by atoms with E-state index < -0.39 is 11.9 Å². The summed E-state index contributed by atoms with van der Waals surface area (Å²) in [4.78, 5) is 44.7. The van der Waals surface area contributed by atoms with Crippen LogP contribution in [0.25, 0.3) is 21.8 Å². The third-order valence-electron chi connectivity index (χ3n) is 7.30. The van der Waals surface area contributed by atoms with Crippen molar-refractivity contribution in [1.82, 2.24) is 20.9 Å². The maximum atomic E-state index is 12.1. The Hall–Kier alpha value is -3.49. The van der Waals surface area contributed by atoms with E-state index in [1.165, 1.54) is 0 Å². The van der Waals surface area contributed by atoms with E-state index in [1.54, 1.807) is 7.11 Å². The zero-order chi connectivity index (χ0) is 33.3. The quantitative estimate of drug-likeness (QED) is 0.0386. The van der Waals surface area contributed by atoms with Crippen LogP contribution in [0.15, 0.2) is 41.4 Å². The molecule has 1 aromatic heterocycles. The van der Waals surface area contributed by atoms with Gasteiger partial charge < -0.3 is 43.2 Å². The Balaban J connectivity index is 0.00000768. The molecule has 3 rings (SSSR count). The molecule has 17 heteroatoms. The molecule has 13 nitrogen and oxygen atoms in total. The number of ether oxygens (including phenoxy) is 1. The third-order valence-corrected chi connectivity index (χ3v) is 7.54. The number of aromatic nitrogens is 1. The van der Waals surface area contributed by atoms with Crippen LogP contribution >= 0.6 is 48.8 Å². The number of halogens is 4. The predicted molar refractivity (Wildman–Crippen MR) is 206 cm³/mol. The molecule has 0 aliphatic heterocycles. The normalized spacial score (nSPS) is 10.8. The minimum Gasteiger partial charge on any atom is -0.497 e. The lowest BCUT2D eigenvalue weighted by Crippen LogP contribution is -2.45. The number of carbonyl (C=O) groups is 3. The first kappa shape index (κ1) is 45.5. The van der Waals surface area contributed by atoms with Crippen LogP contribution in [0.1, 0.15) is 51.4 Å². The predicted octanol–water partition coefficient (Wildman–Crippen LogP) is 3.80. The summed E-state index contributed by atoms with van der Waals surface area (Å²) in [7, 11) is 1.65. The van der Waals surface area contributed by atoms with Gasteiger partial charge in [0.1, 0.15) is 5.75 Å². The van der Waals surface area contributed by atoms with Crippen molar-refractivity contribution < 1.29 is 19.1 Å². The fourth-order valence-electron chi connectivity index (χ4n) is 4.84. The fraction of sp³-hybridized carbons (Fsp3) is 0.469. The van der Waals surface area contributed by atoms with E-state index in [0.717, 1.165) is 65.5 Å². The van der Waals surface area contributed by atoms with Gasteiger partial charge in [0.15, 0.2) is 5.96 Å². The van der Waals surface area contributed by atoms with Crippen LogP contribution in [-0.4, -0.2) is 74.5 Å². The van der Waals surface area contributed by atoms with E-state index in [0.29, 0.717) is 50.3 Å². The number of hydrogen-bond donors (Lipinski definition) is 7. The Bertz CT molecular complexity index is 1510. The Morgan fingerprint density at radius 1 is 0.837 bits per heavy atom. The highest BCUT2D eigenvalue weighted by atomic mass is 35.5. The molecule has 1 heterocycles. The van der Waals surface area contributed by atoms with Crippen LogP contribution < -0.4 is 43.2 Å². The molecule has 49 heavy (non-hydrogen) atoms. The van der Waals surface area contributed by atoms with E-state index in [9.17, 15) is 14.4 Å².